The van der Waals surface area contributed by atoms with E-state index in [0.29, 0.717) is 18.8 Å². The predicted octanol–water partition coefficient (Wildman–Crippen LogP) is 5.38. The first kappa shape index (κ1) is 35.6. The highest BCUT2D eigenvalue weighted by atomic mass is 35.5. The molecule has 236 valence electrons. The highest BCUT2D eigenvalue weighted by Gasteiger charge is 2.35. The number of carbonyl (C=O) groups excluding carboxylic acids is 1. The molecule has 2 aromatic rings. The average molecular weight is 646 g/mol. The van der Waals surface area contributed by atoms with Crippen molar-refractivity contribution in [1.82, 2.24) is 15.1 Å². The summed E-state index contributed by atoms with van der Waals surface area (Å²) in [4.78, 5) is 13.0. The van der Waals surface area contributed by atoms with Crippen LogP contribution in [-0.2, 0) is 23.7 Å². The van der Waals surface area contributed by atoms with Crippen LogP contribution in [0, 0.1) is 5.92 Å². The van der Waals surface area contributed by atoms with Gasteiger partial charge < -0.3 is 20.3 Å². The highest BCUT2D eigenvalue weighted by Crippen LogP contribution is 2.41. The molecule has 0 saturated heterocycles. The summed E-state index contributed by atoms with van der Waals surface area (Å²) in [6.07, 6.45) is -3.79. The van der Waals surface area contributed by atoms with Gasteiger partial charge in [0.15, 0.2) is 5.69 Å². The second-order valence-electron chi connectivity index (χ2n) is 10.5. The van der Waals surface area contributed by atoms with Crippen LogP contribution >= 0.6 is 11.6 Å². The van der Waals surface area contributed by atoms with Crippen molar-refractivity contribution in [2.24, 2.45) is 5.92 Å². The van der Waals surface area contributed by atoms with Crippen LogP contribution in [0.1, 0.15) is 75.3 Å². The van der Waals surface area contributed by atoms with Gasteiger partial charge in [-0.1, -0.05) is 24.6 Å². The Kier molecular flexibility index (Phi) is 12.5. The number of ether oxygens (including phenoxy) is 1. The minimum Gasteiger partial charge on any atom is -0.434 e. The molecule has 1 fully saturated rings. The Morgan fingerprint density at radius 3 is 2.38 bits per heavy atom. The third-order valence-electron chi connectivity index (χ3n) is 7.16. The van der Waals surface area contributed by atoms with Gasteiger partial charge in [0.2, 0.25) is 0 Å². The van der Waals surface area contributed by atoms with Crippen molar-refractivity contribution in [2.75, 3.05) is 6.54 Å². The fourth-order valence-electron chi connectivity index (χ4n) is 4.65. The van der Waals surface area contributed by atoms with Crippen molar-refractivity contribution in [3.8, 4) is 17.0 Å². The molecular weight excluding hydrogens is 613 g/mol. The standard InChI is InChI=1S/C26H33ClF5N3O4.O2S/c1-4-35-21(19(27)20(34-35)22(36)33-14-25(38)9-7-15(2)8-10-25)17-6-5-16(13-18(17)39-23(28)29)24(3,37)11-12-26(30,31)32;1-3-2/h5-6,13,15,23,37-38H,4,7-12,14H2,1-3H3,(H,33,36);/t15?,24-,25?;/m1./s1. The van der Waals surface area contributed by atoms with Crippen molar-refractivity contribution in [3.63, 3.8) is 0 Å². The topological polar surface area (TPSA) is 131 Å². The van der Waals surface area contributed by atoms with Crippen molar-refractivity contribution in [2.45, 2.75) is 89.8 Å². The van der Waals surface area contributed by atoms with Gasteiger partial charge >= 0.3 is 24.4 Å². The van der Waals surface area contributed by atoms with Crippen LogP contribution in [0.4, 0.5) is 22.0 Å². The maximum Gasteiger partial charge on any atom is 0.389 e. The van der Waals surface area contributed by atoms with E-state index < -0.39 is 60.1 Å². The molecule has 1 saturated carbocycles. The molecule has 0 radical (unpaired) electrons. The molecule has 9 nitrogen and oxygen atoms in total. The smallest absolute Gasteiger partial charge is 0.389 e. The molecule has 16 heteroatoms. The highest BCUT2D eigenvalue weighted by molar-refractivity contribution is 7.51. The minimum absolute atomic E-state index is 0.00367. The van der Waals surface area contributed by atoms with E-state index in [1.165, 1.54) is 16.8 Å². The maximum absolute atomic E-state index is 13.3. The van der Waals surface area contributed by atoms with Gasteiger partial charge in [0.25, 0.3) is 5.91 Å². The summed E-state index contributed by atoms with van der Waals surface area (Å²) >= 11 is 5.78. The van der Waals surface area contributed by atoms with E-state index in [9.17, 15) is 37.0 Å². The minimum atomic E-state index is -4.52. The van der Waals surface area contributed by atoms with Gasteiger partial charge in [0.05, 0.1) is 21.9 Å². The molecule has 1 amide bonds. The number of rotatable bonds is 10. The lowest BCUT2D eigenvalue weighted by Crippen LogP contribution is -2.45. The van der Waals surface area contributed by atoms with Crippen LogP contribution in [-0.4, -0.2) is 59.3 Å². The normalized spacial score (nSPS) is 20.3. The zero-order chi connectivity index (χ0) is 31.9. The predicted molar refractivity (Wildman–Crippen MR) is 144 cm³/mol. The fraction of sp³-hybridized carbons (Fsp3) is 0.615. The Balaban J connectivity index is 0.00000197. The third-order valence-corrected chi connectivity index (χ3v) is 7.52. The van der Waals surface area contributed by atoms with Gasteiger partial charge in [-0.3, -0.25) is 9.48 Å². The molecule has 1 heterocycles. The van der Waals surface area contributed by atoms with Crippen LogP contribution in [0.2, 0.25) is 5.02 Å². The lowest BCUT2D eigenvalue weighted by molar-refractivity contribution is -0.146. The summed E-state index contributed by atoms with van der Waals surface area (Å²) < 4.78 is 87.4. The summed E-state index contributed by atoms with van der Waals surface area (Å²) in [5.41, 5.74) is -3.23. The molecule has 1 atom stereocenters. The Bertz CT molecular complexity index is 1260. The Morgan fingerprint density at radius 1 is 1.26 bits per heavy atom. The first-order chi connectivity index (χ1) is 19.5. The molecule has 3 rings (SSSR count). The molecule has 0 aliphatic heterocycles. The summed E-state index contributed by atoms with van der Waals surface area (Å²) in [5.74, 6) is -0.630. The van der Waals surface area contributed by atoms with Crippen molar-refractivity contribution in [3.05, 3.63) is 34.5 Å². The van der Waals surface area contributed by atoms with Crippen molar-refractivity contribution >= 4 is 29.1 Å². The van der Waals surface area contributed by atoms with E-state index in [1.807, 2.05) is 0 Å². The quantitative estimate of drug-likeness (QED) is 0.296. The molecule has 3 N–H and O–H groups in total. The first-order valence-electron chi connectivity index (χ1n) is 13.0. The van der Waals surface area contributed by atoms with E-state index in [0.717, 1.165) is 25.8 Å². The molecular formula is C26H33ClF5N3O6S. The van der Waals surface area contributed by atoms with E-state index in [2.05, 4.69) is 22.1 Å². The Morgan fingerprint density at radius 2 is 1.86 bits per heavy atom. The van der Waals surface area contributed by atoms with Crippen LogP contribution in [0.5, 0.6) is 5.75 Å². The number of aryl methyl sites for hydroxylation is 1. The van der Waals surface area contributed by atoms with Gasteiger partial charge in [0.1, 0.15) is 5.75 Å². The number of hydrogen-bond donors (Lipinski definition) is 3. The second-order valence-corrected chi connectivity index (χ2v) is 11.0. The van der Waals surface area contributed by atoms with E-state index in [4.69, 9.17) is 20.0 Å². The summed E-state index contributed by atoms with van der Waals surface area (Å²) in [6.45, 7) is 1.81. The summed E-state index contributed by atoms with van der Waals surface area (Å²) in [6, 6.07) is 3.59. The van der Waals surface area contributed by atoms with Crippen LogP contribution in [0.15, 0.2) is 18.2 Å². The molecule has 1 aromatic heterocycles. The number of benzene rings is 1. The number of halogens is 6. The molecule has 1 aliphatic rings. The van der Waals surface area contributed by atoms with Crippen LogP contribution in [0.25, 0.3) is 11.3 Å². The zero-order valence-corrected chi connectivity index (χ0v) is 24.7. The SMILES string of the molecule is CCn1nc(C(=O)NCC2(O)CCC(C)CC2)c(Cl)c1-c1ccc([C@](C)(O)CCC(F)(F)F)cc1OC(F)F.O=S=O. The number of aliphatic hydroxyl groups is 2. The van der Waals surface area contributed by atoms with Crippen LogP contribution < -0.4 is 10.1 Å². The van der Waals surface area contributed by atoms with Gasteiger partial charge in [-0.05, 0) is 69.6 Å². The van der Waals surface area contributed by atoms with Gasteiger partial charge in [-0.25, -0.2) is 0 Å². The maximum atomic E-state index is 13.3. The number of nitrogens with zero attached hydrogens (tertiary/aromatic N) is 2. The number of aromatic nitrogens is 2. The number of amides is 1. The molecule has 0 unspecified atom stereocenters. The lowest BCUT2D eigenvalue weighted by atomic mass is 9.79. The zero-order valence-electron chi connectivity index (χ0n) is 23.1. The third kappa shape index (κ3) is 9.71. The van der Waals surface area contributed by atoms with Crippen LogP contribution in [0.3, 0.4) is 0 Å². The van der Waals surface area contributed by atoms with Crippen molar-refractivity contribution < 1.29 is 50.1 Å². The molecule has 42 heavy (non-hydrogen) atoms. The number of nitrogens with one attached hydrogen (secondary N) is 1. The number of hydrogen-bond acceptors (Lipinski definition) is 7. The lowest BCUT2D eigenvalue weighted by Gasteiger charge is -2.34. The Hall–Kier alpha value is -2.62. The van der Waals surface area contributed by atoms with E-state index >= 15 is 0 Å². The van der Waals surface area contributed by atoms with Gasteiger partial charge in [-0.15, -0.1) is 0 Å². The molecule has 1 aromatic carbocycles. The van der Waals surface area contributed by atoms with E-state index in [1.54, 1.807) is 6.92 Å². The van der Waals surface area contributed by atoms with Crippen molar-refractivity contribution in [1.29, 1.82) is 0 Å². The van der Waals surface area contributed by atoms with Gasteiger partial charge in [0, 0.05) is 25.1 Å². The monoisotopic (exact) mass is 645 g/mol. The summed E-state index contributed by atoms with van der Waals surface area (Å²) in [7, 11) is 0. The van der Waals surface area contributed by atoms with E-state index in [-0.39, 0.29) is 40.6 Å². The molecule has 1 aliphatic carbocycles. The molecule has 0 bridgehead atoms. The van der Waals surface area contributed by atoms with Gasteiger partial charge in [-0.2, -0.15) is 35.5 Å². The Labute approximate surface area is 248 Å². The largest absolute Gasteiger partial charge is 0.434 e. The molecule has 0 spiro atoms. The fourth-order valence-corrected chi connectivity index (χ4v) is 4.97. The average Bonchev–Trinajstić information content (AvgIpc) is 3.24. The first-order valence-corrected chi connectivity index (χ1v) is 14.1. The second kappa shape index (κ2) is 14.7. The number of alkyl halides is 5. The number of carbonyl (C=O) groups is 1. The summed E-state index contributed by atoms with van der Waals surface area (Å²) in [5, 5.41) is 28.2.